The summed E-state index contributed by atoms with van der Waals surface area (Å²) in [6, 6.07) is 10.2. The van der Waals surface area contributed by atoms with Gasteiger partial charge in [0.25, 0.3) is 0 Å². The number of pyridine rings is 1. The maximum absolute atomic E-state index is 5.98. The Hall–Kier alpha value is -2.40. The largest absolute Gasteiger partial charge is 0.495 e. The SMILES string of the molecule is COc1cncc(-c2cccc([C@]3(C)CO[C@H](C)C(N)=N3)c2)c1. The van der Waals surface area contributed by atoms with Gasteiger partial charge in [0.05, 0.1) is 19.9 Å². The van der Waals surface area contributed by atoms with Crippen molar-refractivity contribution in [3.05, 3.63) is 48.3 Å². The van der Waals surface area contributed by atoms with E-state index < -0.39 is 5.54 Å². The summed E-state index contributed by atoms with van der Waals surface area (Å²) in [5.74, 6) is 1.27. The molecule has 0 aliphatic carbocycles. The zero-order valence-electron chi connectivity index (χ0n) is 13.6. The molecule has 1 aliphatic heterocycles. The van der Waals surface area contributed by atoms with Crippen LogP contribution in [0.4, 0.5) is 0 Å². The average Bonchev–Trinajstić information content (AvgIpc) is 2.59. The summed E-state index contributed by atoms with van der Waals surface area (Å²) in [5.41, 5.74) is 8.62. The number of hydrogen-bond donors (Lipinski definition) is 1. The lowest BCUT2D eigenvalue weighted by Gasteiger charge is -2.33. The first-order valence-electron chi connectivity index (χ1n) is 7.58. The van der Waals surface area contributed by atoms with E-state index in [1.807, 2.05) is 44.3 Å². The Morgan fingerprint density at radius 3 is 2.83 bits per heavy atom. The molecule has 23 heavy (non-hydrogen) atoms. The van der Waals surface area contributed by atoms with E-state index in [-0.39, 0.29) is 6.10 Å². The Labute approximate surface area is 136 Å². The molecule has 0 saturated heterocycles. The summed E-state index contributed by atoms with van der Waals surface area (Å²) in [5, 5.41) is 0. The smallest absolute Gasteiger partial charge is 0.137 e. The molecule has 0 radical (unpaired) electrons. The fourth-order valence-electron chi connectivity index (χ4n) is 2.65. The molecule has 3 rings (SSSR count). The fraction of sp³-hybridized carbons (Fsp3) is 0.333. The molecule has 0 spiro atoms. The molecule has 2 N–H and O–H groups in total. The molecule has 1 aromatic carbocycles. The van der Waals surface area contributed by atoms with Crippen LogP contribution in [0.3, 0.4) is 0 Å². The molecule has 120 valence electrons. The molecule has 0 amide bonds. The molecule has 1 aliphatic rings. The van der Waals surface area contributed by atoms with Gasteiger partial charge in [-0.1, -0.05) is 18.2 Å². The number of aromatic nitrogens is 1. The molecule has 5 heteroatoms. The lowest BCUT2D eigenvalue weighted by atomic mass is 9.90. The van der Waals surface area contributed by atoms with E-state index in [9.17, 15) is 0 Å². The van der Waals surface area contributed by atoms with E-state index >= 15 is 0 Å². The Bertz CT molecular complexity index is 745. The van der Waals surface area contributed by atoms with Gasteiger partial charge in [0.1, 0.15) is 23.2 Å². The maximum Gasteiger partial charge on any atom is 0.137 e. The van der Waals surface area contributed by atoms with E-state index in [0.717, 1.165) is 22.4 Å². The number of nitrogens with two attached hydrogens (primary N) is 1. The Morgan fingerprint density at radius 1 is 1.26 bits per heavy atom. The highest BCUT2D eigenvalue weighted by Gasteiger charge is 2.32. The van der Waals surface area contributed by atoms with Crippen molar-refractivity contribution in [3.63, 3.8) is 0 Å². The van der Waals surface area contributed by atoms with Gasteiger partial charge in [0.15, 0.2) is 0 Å². The third-order valence-electron chi connectivity index (χ3n) is 4.17. The summed E-state index contributed by atoms with van der Waals surface area (Å²) in [6.07, 6.45) is 3.38. The van der Waals surface area contributed by atoms with Crippen LogP contribution in [0.1, 0.15) is 19.4 Å². The van der Waals surface area contributed by atoms with E-state index in [1.54, 1.807) is 13.3 Å². The van der Waals surface area contributed by atoms with E-state index in [2.05, 4.69) is 16.0 Å². The van der Waals surface area contributed by atoms with Crippen molar-refractivity contribution in [1.29, 1.82) is 0 Å². The predicted octanol–water partition coefficient (Wildman–Crippen LogP) is 2.75. The Morgan fingerprint density at radius 2 is 2.09 bits per heavy atom. The van der Waals surface area contributed by atoms with Crippen LogP contribution in [0, 0.1) is 0 Å². The van der Waals surface area contributed by atoms with Crippen LogP contribution >= 0.6 is 0 Å². The topological polar surface area (TPSA) is 69.7 Å². The van der Waals surface area contributed by atoms with Crippen LogP contribution in [0.25, 0.3) is 11.1 Å². The molecule has 0 fully saturated rings. The first kappa shape index (κ1) is 15.5. The van der Waals surface area contributed by atoms with Crippen molar-refractivity contribution in [2.24, 2.45) is 10.7 Å². The first-order valence-corrected chi connectivity index (χ1v) is 7.58. The van der Waals surface area contributed by atoms with Gasteiger partial charge in [0, 0.05) is 11.8 Å². The fourth-order valence-corrected chi connectivity index (χ4v) is 2.65. The number of amidine groups is 1. The van der Waals surface area contributed by atoms with Crippen LogP contribution in [0.5, 0.6) is 5.75 Å². The van der Waals surface area contributed by atoms with Crippen molar-refractivity contribution in [2.45, 2.75) is 25.5 Å². The second-order valence-corrected chi connectivity index (χ2v) is 5.96. The van der Waals surface area contributed by atoms with Gasteiger partial charge >= 0.3 is 0 Å². The molecule has 2 heterocycles. The van der Waals surface area contributed by atoms with Gasteiger partial charge in [-0.25, -0.2) is 0 Å². The molecule has 5 nitrogen and oxygen atoms in total. The number of hydrogen-bond acceptors (Lipinski definition) is 5. The van der Waals surface area contributed by atoms with E-state index in [0.29, 0.717) is 12.4 Å². The van der Waals surface area contributed by atoms with Gasteiger partial charge in [0.2, 0.25) is 0 Å². The highest BCUT2D eigenvalue weighted by atomic mass is 16.5. The van der Waals surface area contributed by atoms with Gasteiger partial charge in [-0.2, -0.15) is 0 Å². The van der Waals surface area contributed by atoms with Crippen molar-refractivity contribution in [2.75, 3.05) is 13.7 Å². The normalized spacial score (nSPS) is 24.1. The van der Waals surface area contributed by atoms with Gasteiger partial charge < -0.3 is 15.2 Å². The molecule has 1 aromatic heterocycles. The minimum atomic E-state index is -0.473. The van der Waals surface area contributed by atoms with Crippen LogP contribution in [-0.4, -0.2) is 30.6 Å². The zero-order chi connectivity index (χ0) is 16.4. The van der Waals surface area contributed by atoms with E-state index in [4.69, 9.17) is 15.2 Å². The van der Waals surface area contributed by atoms with Gasteiger partial charge in [-0.05, 0) is 37.1 Å². The standard InChI is InChI=1S/C18H21N3O2/c1-12-17(19)21-18(2,11-23-12)15-6-4-5-13(7-15)14-8-16(22-3)10-20-9-14/h4-10,12H,11H2,1-3H3,(H2,19,21)/t12-,18+/m1/s1. The van der Waals surface area contributed by atoms with E-state index in [1.165, 1.54) is 0 Å². The van der Waals surface area contributed by atoms with Crippen LogP contribution in [0.2, 0.25) is 0 Å². The maximum atomic E-state index is 5.98. The quantitative estimate of drug-likeness (QED) is 0.946. The minimum absolute atomic E-state index is 0.131. The Kier molecular flexibility index (Phi) is 4.05. The van der Waals surface area contributed by atoms with Crippen molar-refractivity contribution in [1.82, 2.24) is 4.98 Å². The van der Waals surface area contributed by atoms with Crippen LogP contribution < -0.4 is 10.5 Å². The molecular weight excluding hydrogens is 290 g/mol. The predicted molar refractivity (Wildman–Crippen MR) is 90.6 cm³/mol. The average molecular weight is 311 g/mol. The van der Waals surface area contributed by atoms with Gasteiger partial charge in [-0.15, -0.1) is 0 Å². The summed E-state index contributed by atoms with van der Waals surface area (Å²) in [6.45, 7) is 4.46. The summed E-state index contributed by atoms with van der Waals surface area (Å²) in [7, 11) is 1.64. The molecule has 0 unspecified atom stereocenters. The second-order valence-electron chi connectivity index (χ2n) is 5.96. The number of aliphatic imine (C=N–C) groups is 1. The third kappa shape index (κ3) is 3.05. The molecular formula is C18H21N3O2. The highest BCUT2D eigenvalue weighted by molar-refractivity contribution is 5.85. The van der Waals surface area contributed by atoms with Crippen LogP contribution in [0.15, 0.2) is 47.7 Å². The number of ether oxygens (including phenoxy) is 2. The molecule has 2 aromatic rings. The monoisotopic (exact) mass is 311 g/mol. The van der Waals surface area contributed by atoms with Crippen LogP contribution in [-0.2, 0) is 10.3 Å². The lowest BCUT2D eigenvalue weighted by molar-refractivity contribution is 0.0549. The number of methoxy groups -OCH3 is 1. The highest BCUT2D eigenvalue weighted by Crippen LogP contribution is 2.32. The van der Waals surface area contributed by atoms with Crippen molar-refractivity contribution >= 4 is 5.84 Å². The molecule has 2 atom stereocenters. The lowest BCUT2D eigenvalue weighted by Crippen LogP contribution is -2.42. The van der Waals surface area contributed by atoms with Crippen molar-refractivity contribution < 1.29 is 9.47 Å². The minimum Gasteiger partial charge on any atom is -0.495 e. The Balaban J connectivity index is 2.00. The number of benzene rings is 1. The van der Waals surface area contributed by atoms with Gasteiger partial charge in [-0.3, -0.25) is 9.98 Å². The second kappa shape index (κ2) is 6.01. The summed E-state index contributed by atoms with van der Waals surface area (Å²) >= 11 is 0. The number of rotatable bonds is 3. The summed E-state index contributed by atoms with van der Waals surface area (Å²) in [4.78, 5) is 8.88. The summed E-state index contributed by atoms with van der Waals surface area (Å²) < 4.78 is 11.0. The first-order chi connectivity index (χ1) is 11.0. The zero-order valence-corrected chi connectivity index (χ0v) is 13.6. The molecule has 0 saturated carbocycles. The third-order valence-corrected chi connectivity index (χ3v) is 4.17. The number of nitrogens with zero attached hydrogens (tertiary/aromatic N) is 2. The van der Waals surface area contributed by atoms with Crippen molar-refractivity contribution in [3.8, 4) is 16.9 Å². The molecule has 0 bridgehead atoms.